The van der Waals surface area contributed by atoms with Crippen LogP contribution >= 0.6 is 34.2 Å². The number of hydrogen-bond donors (Lipinski definition) is 0. The van der Waals surface area contributed by atoms with Gasteiger partial charge in [-0.05, 0) is 65.0 Å². The van der Waals surface area contributed by atoms with E-state index in [1.165, 1.54) is 9.13 Å². The minimum atomic E-state index is 0.286. The number of hydrogen-bond acceptors (Lipinski definition) is 0. The molecule has 0 unspecified atom stereocenters. The van der Waals surface area contributed by atoms with Gasteiger partial charge in [-0.15, -0.1) is 11.6 Å². The molecule has 0 radical (unpaired) electrons. The third-order valence-electron chi connectivity index (χ3n) is 3.28. The van der Waals surface area contributed by atoms with Crippen molar-refractivity contribution in [2.45, 2.75) is 33.1 Å². The molecule has 0 saturated carbocycles. The molecule has 0 aliphatic rings. The topological polar surface area (TPSA) is 0 Å². The van der Waals surface area contributed by atoms with Crippen LogP contribution in [0.5, 0.6) is 0 Å². The Morgan fingerprint density at radius 2 is 1.67 bits per heavy atom. The second-order valence-electron chi connectivity index (χ2n) is 4.14. The van der Waals surface area contributed by atoms with E-state index in [1.54, 1.807) is 0 Å². The summed E-state index contributed by atoms with van der Waals surface area (Å²) in [5, 5.41) is 0. The Hall–Kier alpha value is 0.240. The first-order chi connectivity index (χ1) is 7.15. The van der Waals surface area contributed by atoms with Gasteiger partial charge in [-0.1, -0.05) is 26.0 Å². The molecule has 0 heterocycles. The van der Waals surface area contributed by atoms with E-state index in [1.807, 2.05) is 0 Å². The van der Waals surface area contributed by atoms with Gasteiger partial charge in [0, 0.05) is 9.45 Å². The van der Waals surface area contributed by atoms with Crippen molar-refractivity contribution >= 4 is 34.2 Å². The monoisotopic (exact) mass is 336 g/mol. The van der Waals surface area contributed by atoms with Crippen molar-refractivity contribution in [1.82, 2.24) is 0 Å². The van der Waals surface area contributed by atoms with Gasteiger partial charge < -0.3 is 0 Å². The van der Waals surface area contributed by atoms with E-state index < -0.39 is 0 Å². The van der Waals surface area contributed by atoms with E-state index in [4.69, 9.17) is 11.6 Å². The zero-order valence-corrected chi connectivity index (χ0v) is 12.3. The van der Waals surface area contributed by atoms with Crippen LogP contribution in [0.15, 0.2) is 24.3 Å². The maximum absolute atomic E-state index is 6.10. The number of benzene rings is 1. The van der Waals surface area contributed by atoms with Crippen molar-refractivity contribution in [3.05, 3.63) is 33.4 Å². The minimum absolute atomic E-state index is 0.286. The summed E-state index contributed by atoms with van der Waals surface area (Å²) in [5.74, 6) is 0.756. The molecule has 84 valence electrons. The van der Waals surface area contributed by atoms with Gasteiger partial charge >= 0.3 is 0 Å². The van der Waals surface area contributed by atoms with Gasteiger partial charge in [0.25, 0.3) is 0 Å². The number of alkyl halides is 1. The first-order valence-corrected chi connectivity index (χ1v) is 7.07. The fraction of sp³-hybridized carbons (Fsp3) is 0.538. The molecule has 0 amide bonds. The summed E-state index contributed by atoms with van der Waals surface area (Å²) < 4.78 is 1.29. The van der Waals surface area contributed by atoms with Crippen molar-refractivity contribution in [2.75, 3.05) is 5.88 Å². The van der Waals surface area contributed by atoms with Crippen LogP contribution < -0.4 is 0 Å². The highest BCUT2D eigenvalue weighted by Crippen LogP contribution is 2.32. The molecule has 0 spiro atoms. The standard InChI is InChI=1S/C13H18ClI/c1-3-13(4-2,10-14)9-11-5-7-12(15)8-6-11/h5-8H,3-4,9-10H2,1-2H3. The number of rotatable bonds is 5. The van der Waals surface area contributed by atoms with Crippen LogP contribution in [0.3, 0.4) is 0 Å². The Morgan fingerprint density at radius 3 is 2.07 bits per heavy atom. The van der Waals surface area contributed by atoms with Crippen LogP contribution in [-0.2, 0) is 6.42 Å². The lowest BCUT2D eigenvalue weighted by Gasteiger charge is -2.29. The van der Waals surface area contributed by atoms with Crippen molar-refractivity contribution in [3.63, 3.8) is 0 Å². The molecule has 0 aliphatic heterocycles. The second-order valence-corrected chi connectivity index (χ2v) is 5.66. The van der Waals surface area contributed by atoms with Crippen LogP contribution in [0, 0.1) is 8.99 Å². The summed E-state index contributed by atoms with van der Waals surface area (Å²) in [7, 11) is 0. The highest BCUT2D eigenvalue weighted by molar-refractivity contribution is 14.1. The summed E-state index contributed by atoms with van der Waals surface area (Å²) in [6.07, 6.45) is 3.40. The highest BCUT2D eigenvalue weighted by atomic mass is 127. The predicted octanol–water partition coefficient (Wildman–Crippen LogP) is 4.88. The molecular weight excluding hydrogens is 318 g/mol. The maximum atomic E-state index is 6.10. The van der Waals surface area contributed by atoms with Crippen molar-refractivity contribution in [2.24, 2.45) is 5.41 Å². The molecule has 0 fully saturated rings. The molecule has 0 saturated heterocycles. The molecule has 15 heavy (non-hydrogen) atoms. The molecule has 2 heteroatoms. The molecular formula is C13H18ClI. The lowest BCUT2D eigenvalue weighted by Crippen LogP contribution is -2.24. The van der Waals surface area contributed by atoms with Crippen molar-refractivity contribution in [3.8, 4) is 0 Å². The van der Waals surface area contributed by atoms with Crippen LogP contribution in [-0.4, -0.2) is 5.88 Å². The summed E-state index contributed by atoms with van der Waals surface area (Å²) in [6, 6.07) is 8.77. The van der Waals surface area contributed by atoms with E-state index in [0.717, 1.165) is 25.1 Å². The van der Waals surface area contributed by atoms with Crippen LogP contribution in [0.2, 0.25) is 0 Å². The lowest BCUT2D eigenvalue weighted by molar-refractivity contribution is 0.302. The molecule has 0 nitrogen and oxygen atoms in total. The quantitative estimate of drug-likeness (QED) is 0.531. The van der Waals surface area contributed by atoms with E-state index in [2.05, 4.69) is 60.7 Å². The summed E-state index contributed by atoms with van der Waals surface area (Å²) in [6.45, 7) is 4.47. The second kappa shape index (κ2) is 6.09. The third-order valence-corrected chi connectivity index (χ3v) is 4.56. The van der Waals surface area contributed by atoms with Gasteiger partial charge in [0.05, 0.1) is 0 Å². The Balaban J connectivity index is 2.78. The van der Waals surface area contributed by atoms with Gasteiger partial charge in [0.2, 0.25) is 0 Å². The molecule has 0 N–H and O–H groups in total. The smallest absolute Gasteiger partial charge is 0.0282 e. The highest BCUT2D eigenvalue weighted by Gasteiger charge is 2.25. The summed E-state index contributed by atoms with van der Waals surface area (Å²) in [4.78, 5) is 0. The Bertz CT molecular complexity index is 280. The lowest BCUT2D eigenvalue weighted by atomic mass is 9.79. The average molecular weight is 337 g/mol. The molecule has 0 atom stereocenters. The zero-order valence-electron chi connectivity index (χ0n) is 9.39. The molecule has 1 aromatic carbocycles. The van der Waals surface area contributed by atoms with Gasteiger partial charge in [-0.2, -0.15) is 0 Å². The molecule has 1 rings (SSSR count). The van der Waals surface area contributed by atoms with E-state index >= 15 is 0 Å². The fourth-order valence-electron chi connectivity index (χ4n) is 1.77. The van der Waals surface area contributed by atoms with Gasteiger partial charge in [0.15, 0.2) is 0 Å². The summed E-state index contributed by atoms with van der Waals surface area (Å²) in [5.41, 5.74) is 1.69. The first-order valence-electron chi connectivity index (χ1n) is 5.46. The zero-order chi connectivity index (χ0) is 11.3. The SMILES string of the molecule is CCC(CC)(CCl)Cc1ccc(I)cc1. The van der Waals surface area contributed by atoms with Gasteiger partial charge in [0.1, 0.15) is 0 Å². The molecule has 0 bridgehead atoms. The van der Waals surface area contributed by atoms with Crippen molar-refractivity contribution < 1.29 is 0 Å². The van der Waals surface area contributed by atoms with Crippen LogP contribution in [0.25, 0.3) is 0 Å². The Morgan fingerprint density at radius 1 is 1.13 bits per heavy atom. The van der Waals surface area contributed by atoms with E-state index in [9.17, 15) is 0 Å². The van der Waals surface area contributed by atoms with Crippen LogP contribution in [0.4, 0.5) is 0 Å². The molecule has 1 aromatic rings. The average Bonchev–Trinajstić information content (AvgIpc) is 2.29. The number of halogens is 2. The first kappa shape index (κ1) is 13.3. The Labute approximate surface area is 112 Å². The normalized spacial score (nSPS) is 11.7. The fourth-order valence-corrected chi connectivity index (χ4v) is 2.60. The van der Waals surface area contributed by atoms with Crippen LogP contribution in [0.1, 0.15) is 32.3 Å². The van der Waals surface area contributed by atoms with Gasteiger partial charge in [-0.25, -0.2) is 0 Å². The largest absolute Gasteiger partial charge is 0.126 e. The minimum Gasteiger partial charge on any atom is -0.126 e. The van der Waals surface area contributed by atoms with E-state index in [-0.39, 0.29) is 5.41 Å². The van der Waals surface area contributed by atoms with Gasteiger partial charge in [-0.3, -0.25) is 0 Å². The molecule has 0 aromatic heterocycles. The third kappa shape index (κ3) is 3.63. The Kier molecular flexibility index (Phi) is 5.41. The van der Waals surface area contributed by atoms with Crippen molar-refractivity contribution in [1.29, 1.82) is 0 Å². The molecule has 0 aliphatic carbocycles. The van der Waals surface area contributed by atoms with E-state index in [0.29, 0.717) is 0 Å². The maximum Gasteiger partial charge on any atom is 0.0282 e. The predicted molar refractivity (Wildman–Crippen MR) is 76.6 cm³/mol. The summed E-state index contributed by atoms with van der Waals surface area (Å²) >= 11 is 8.44.